The van der Waals surface area contributed by atoms with E-state index in [4.69, 9.17) is 5.73 Å². The van der Waals surface area contributed by atoms with Crippen molar-refractivity contribution in [3.63, 3.8) is 0 Å². The topological polar surface area (TPSA) is 54.7 Å². The fourth-order valence-electron chi connectivity index (χ4n) is 1.47. The van der Waals surface area contributed by atoms with Crippen molar-refractivity contribution < 1.29 is 0 Å². The van der Waals surface area contributed by atoms with Gasteiger partial charge in [-0.1, -0.05) is 13.8 Å². The lowest BCUT2D eigenvalue weighted by molar-refractivity contribution is 0.504. The van der Waals surface area contributed by atoms with Crippen molar-refractivity contribution in [3.05, 3.63) is 17.7 Å². The predicted molar refractivity (Wildman–Crippen MR) is 59.1 cm³/mol. The molecule has 0 spiro atoms. The molecule has 0 amide bonds. The van der Waals surface area contributed by atoms with E-state index >= 15 is 0 Å². The van der Waals surface area contributed by atoms with Gasteiger partial charge in [0.25, 0.3) is 0 Å². The summed E-state index contributed by atoms with van der Waals surface area (Å²) < 4.78 is 0. The normalized spacial score (nSPS) is 12.4. The number of aromatic nitrogens is 2. The number of nitrogens with one attached hydrogen (secondary N) is 1. The molecule has 0 aliphatic carbocycles. The van der Waals surface area contributed by atoms with Gasteiger partial charge in [-0.3, -0.25) is 0 Å². The molecule has 0 unspecified atom stereocenters. The van der Waals surface area contributed by atoms with E-state index in [-0.39, 0.29) is 5.54 Å². The molecule has 1 aromatic rings. The molecule has 1 aromatic heterocycles. The second-order valence-corrected chi connectivity index (χ2v) is 5.12. The van der Waals surface area contributed by atoms with Gasteiger partial charge < -0.3 is 10.7 Å². The first-order valence-electron chi connectivity index (χ1n) is 5.18. The van der Waals surface area contributed by atoms with Crippen molar-refractivity contribution in [3.8, 4) is 0 Å². The molecule has 0 fully saturated rings. The van der Waals surface area contributed by atoms with Gasteiger partial charge >= 0.3 is 0 Å². The third kappa shape index (κ3) is 3.92. The molecule has 0 saturated carbocycles. The summed E-state index contributed by atoms with van der Waals surface area (Å²) in [5.74, 6) is 1.65. The van der Waals surface area contributed by atoms with E-state index in [0.717, 1.165) is 18.7 Å². The Morgan fingerprint density at radius 1 is 1.50 bits per heavy atom. The van der Waals surface area contributed by atoms with Crippen LogP contribution in [-0.4, -0.2) is 15.5 Å². The molecule has 3 nitrogen and oxygen atoms in total. The lowest BCUT2D eigenvalue weighted by atomic mass is 10.0. The van der Waals surface area contributed by atoms with Gasteiger partial charge in [0.2, 0.25) is 0 Å². The zero-order chi connectivity index (χ0) is 10.8. The maximum absolute atomic E-state index is 5.92. The number of H-pyrrole nitrogens is 1. The average molecular weight is 195 g/mol. The molecular formula is C11H21N3. The maximum Gasteiger partial charge on any atom is 0.108 e. The van der Waals surface area contributed by atoms with Gasteiger partial charge in [-0.25, -0.2) is 4.98 Å². The lowest BCUT2D eigenvalue weighted by Crippen LogP contribution is -2.34. The highest BCUT2D eigenvalue weighted by atomic mass is 14.9. The van der Waals surface area contributed by atoms with E-state index in [9.17, 15) is 0 Å². The van der Waals surface area contributed by atoms with Crippen molar-refractivity contribution >= 4 is 0 Å². The van der Waals surface area contributed by atoms with Gasteiger partial charge in [-0.2, -0.15) is 0 Å². The summed E-state index contributed by atoms with van der Waals surface area (Å²) in [6.45, 7) is 8.43. The van der Waals surface area contributed by atoms with E-state index in [1.54, 1.807) is 0 Å². The van der Waals surface area contributed by atoms with E-state index in [2.05, 4.69) is 23.8 Å². The number of imidazole rings is 1. The molecule has 1 rings (SSSR count). The third-order valence-electron chi connectivity index (χ3n) is 1.93. The fraction of sp³-hybridized carbons (Fsp3) is 0.727. The van der Waals surface area contributed by atoms with Crippen molar-refractivity contribution in [2.75, 3.05) is 0 Å². The Kier molecular flexibility index (Phi) is 3.32. The minimum absolute atomic E-state index is 0.188. The largest absolute Gasteiger partial charge is 0.346 e. The molecule has 3 N–H and O–H groups in total. The summed E-state index contributed by atoms with van der Waals surface area (Å²) in [5, 5.41) is 0. The van der Waals surface area contributed by atoms with E-state index in [0.29, 0.717) is 5.92 Å². The monoisotopic (exact) mass is 195 g/mol. The Labute approximate surface area is 86.1 Å². The van der Waals surface area contributed by atoms with E-state index in [1.807, 2.05) is 20.0 Å². The van der Waals surface area contributed by atoms with Crippen LogP contribution in [0, 0.1) is 5.92 Å². The van der Waals surface area contributed by atoms with Crippen LogP contribution in [0.4, 0.5) is 0 Å². The summed E-state index contributed by atoms with van der Waals surface area (Å²) in [6.07, 6.45) is 3.77. The molecule has 14 heavy (non-hydrogen) atoms. The molecular weight excluding hydrogens is 174 g/mol. The smallest absolute Gasteiger partial charge is 0.108 e. The quantitative estimate of drug-likeness (QED) is 0.770. The molecule has 0 atom stereocenters. The lowest BCUT2D eigenvalue weighted by Gasteiger charge is -2.15. The molecule has 0 bridgehead atoms. The number of nitrogens with zero attached hydrogens (tertiary/aromatic N) is 1. The van der Waals surface area contributed by atoms with Crippen LogP contribution in [0.15, 0.2) is 6.20 Å². The Balaban J connectivity index is 2.60. The number of hydrogen-bond acceptors (Lipinski definition) is 2. The zero-order valence-electron chi connectivity index (χ0n) is 9.59. The predicted octanol–water partition coefficient (Wildman–Crippen LogP) is 1.89. The fourth-order valence-corrected chi connectivity index (χ4v) is 1.47. The SMILES string of the molecule is CC(C)Cc1cnc(CC(C)(C)N)[nH]1. The van der Waals surface area contributed by atoms with Gasteiger partial charge in [0.15, 0.2) is 0 Å². The first-order valence-corrected chi connectivity index (χ1v) is 5.18. The second-order valence-electron chi connectivity index (χ2n) is 5.12. The van der Waals surface area contributed by atoms with E-state index in [1.165, 1.54) is 5.69 Å². The van der Waals surface area contributed by atoms with Crippen molar-refractivity contribution in [2.45, 2.75) is 46.1 Å². The van der Waals surface area contributed by atoms with Gasteiger partial charge in [-0.05, 0) is 26.2 Å². The minimum Gasteiger partial charge on any atom is -0.346 e. The summed E-state index contributed by atoms with van der Waals surface area (Å²) in [7, 11) is 0. The van der Waals surface area contributed by atoms with Crippen molar-refractivity contribution in [2.24, 2.45) is 11.7 Å². The third-order valence-corrected chi connectivity index (χ3v) is 1.93. The second kappa shape index (κ2) is 4.13. The Morgan fingerprint density at radius 2 is 2.14 bits per heavy atom. The van der Waals surface area contributed by atoms with Crippen LogP contribution < -0.4 is 5.73 Å². The summed E-state index contributed by atoms with van der Waals surface area (Å²) >= 11 is 0. The highest BCUT2D eigenvalue weighted by Crippen LogP contribution is 2.09. The molecule has 0 aliphatic heterocycles. The first-order chi connectivity index (χ1) is 6.37. The molecule has 3 heteroatoms. The van der Waals surface area contributed by atoms with Crippen LogP contribution in [0.3, 0.4) is 0 Å². The van der Waals surface area contributed by atoms with Crippen LogP contribution >= 0.6 is 0 Å². The Morgan fingerprint density at radius 3 is 2.64 bits per heavy atom. The van der Waals surface area contributed by atoms with Gasteiger partial charge in [0.1, 0.15) is 5.82 Å². The molecule has 1 heterocycles. The zero-order valence-corrected chi connectivity index (χ0v) is 9.59. The number of hydrogen-bond donors (Lipinski definition) is 2. The van der Waals surface area contributed by atoms with Crippen LogP contribution in [0.5, 0.6) is 0 Å². The minimum atomic E-state index is -0.188. The molecule has 0 aromatic carbocycles. The molecule has 0 saturated heterocycles. The first kappa shape index (κ1) is 11.2. The summed E-state index contributed by atoms with van der Waals surface area (Å²) in [6, 6.07) is 0. The van der Waals surface area contributed by atoms with Crippen LogP contribution in [0.1, 0.15) is 39.2 Å². The number of nitrogens with two attached hydrogens (primary N) is 1. The molecule has 0 aliphatic rings. The van der Waals surface area contributed by atoms with Gasteiger partial charge in [0, 0.05) is 23.9 Å². The average Bonchev–Trinajstić information content (AvgIpc) is 2.30. The van der Waals surface area contributed by atoms with Gasteiger partial charge in [0.05, 0.1) is 0 Å². The number of rotatable bonds is 4. The maximum atomic E-state index is 5.92. The van der Waals surface area contributed by atoms with Crippen LogP contribution in [-0.2, 0) is 12.8 Å². The van der Waals surface area contributed by atoms with Gasteiger partial charge in [-0.15, -0.1) is 0 Å². The van der Waals surface area contributed by atoms with Crippen molar-refractivity contribution in [1.82, 2.24) is 9.97 Å². The standard InChI is InChI=1S/C11H21N3/c1-8(2)5-9-7-13-10(14-9)6-11(3,4)12/h7-8H,5-6,12H2,1-4H3,(H,13,14). The Hall–Kier alpha value is -0.830. The number of aromatic amines is 1. The highest BCUT2D eigenvalue weighted by Gasteiger charge is 2.14. The van der Waals surface area contributed by atoms with Crippen molar-refractivity contribution in [1.29, 1.82) is 0 Å². The molecule has 0 radical (unpaired) electrons. The van der Waals surface area contributed by atoms with Crippen LogP contribution in [0.25, 0.3) is 0 Å². The Bertz CT molecular complexity index is 281. The van der Waals surface area contributed by atoms with E-state index < -0.39 is 0 Å². The highest BCUT2D eigenvalue weighted by molar-refractivity contribution is 5.04. The van der Waals surface area contributed by atoms with Crippen LogP contribution in [0.2, 0.25) is 0 Å². The summed E-state index contributed by atoms with van der Waals surface area (Å²) in [5.41, 5.74) is 6.94. The molecule has 80 valence electrons. The summed E-state index contributed by atoms with van der Waals surface area (Å²) in [4.78, 5) is 7.63.